The molecule has 0 saturated heterocycles. The van der Waals surface area contributed by atoms with Crippen LogP contribution in [0.1, 0.15) is 19.7 Å². The van der Waals surface area contributed by atoms with Crippen LogP contribution in [0, 0.1) is 5.82 Å². The van der Waals surface area contributed by atoms with Crippen LogP contribution in [0.2, 0.25) is 0 Å². The summed E-state index contributed by atoms with van der Waals surface area (Å²) in [5.74, 6) is 0.205. The topological polar surface area (TPSA) is 72.9 Å². The van der Waals surface area contributed by atoms with Crippen LogP contribution in [0.5, 0.6) is 0 Å². The molecule has 0 saturated carbocycles. The largest absolute Gasteiger partial charge is 0.368 e. The van der Waals surface area contributed by atoms with E-state index in [2.05, 4.69) is 16.8 Å². The number of imidazole rings is 1. The summed E-state index contributed by atoms with van der Waals surface area (Å²) in [6.45, 7) is 5.01. The lowest BCUT2D eigenvalue weighted by molar-refractivity contribution is -0.119. The fraction of sp³-hybridized carbons (Fsp3) is 0.263. The highest BCUT2D eigenvalue weighted by molar-refractivity contribution is 5.83. The summed E-state index contributed by atoms with van der Waals surface area (Å²) < 4.78 is 15.2. The number of nitrogens with one attached hydrogen (secondary N) is 1. The first-order valence-electron chi connectivity index (χ1n) is 8.27. The van der Waals surface area contributed by atoms with Crippen molar-refractivity contribution in [1.29, 1.82) is 0 Å². The van der Waals surface area contributed by atoms with Crippen LogP contribution in [-0.4, -0.2) is 21.5 Å². The third kappa shape index (κ3) is 3.53. The average molecular weight is 340 g/mol. The number of carbonyl (C=O) groups is 1. The Morgan fingerprint density at radius 3 is 2.56 bits per heavy atom. The van der Waals surface area contributed by atoms with Gasteiger partial charge < -0.3 is 10.3 Å². The van der Waals surface area contributed by atoms with Crippen molar-refractivity contribution in [3.63, 3.8) is 0 Å². The maximum Gasteiger partial charge on any atom is 0.234 e. The fourth-order valence-electron chi connectivity index (χ4n) is 2.83. The van der Waals surface area contributed by atoms with Crippen molar-refractivity contribution in [3.05, 3.63) is 54.1 Å². The van der Waals surface area contributed by atoms with E-state index in [4.69, 9.17) is 10.7 Å². The van der Waals surface area contributed by atoms with Gasteiger partial charge in [-0.25, -0.2) is 9.37 Å². The van der Waals surface area contributed by atoms with E-state index in [1.54, 1.807) is 19.1 Å². The Balaban J connectivity index is 1.94. The number of halogens is 1. The normalized spacial score (nSPS) is 12.4. The quantitative estimate of drug-likeness (QED) is 0.725. The number of fused-ring (bicyclic) bond motifs is 1. The second-order valence-electron chi connectivity index (χ2n) is 5.99. The summed E-state index contributed by atoms with van der Waals surface area (Å²) in [5, 5.41) is 3.09. The molecule has 5 nitrogen and oxygen atoms in total. The van der Waals surface area contributed by atoms with Crippen molar-refractivity contribution >= 4 is 16.9 Å². The molecule has 3 aromatic rings. The monoisotopic (exact) mass is 340 g/mol. The number of nitrogens with zero attached hydrogens (tertiary/aromatic N) is 2. The van der Waals surface area contributed by atoms with Gasteiger partial charge in [-0.2, -0.15) is 0 Å². The van der Waals surface area contributed by atoms with Crippen LogP contribution in [0.25, 0.3) is 22.2 Å². The number of primary amides is 1. The molecule has 0 aliphatic heterocycles. The Hall–Kier alpha value is -2.73. The summed E-state index contributed by atoms with van der Waals surface area (Å²) in [6, 6.07) is 12.0. The lowest BCUT2D eigenvalue weighted by atomic mass is 10.1. The molecule has 1 atom stereocenters. The molecular weight excluding hydrogens is 319 g/mol. The highest BCUT2D eigenvalue weighted by Crippen LogP contribution is 2.25. The molecule has 0 spiro atoms. The zero-order valence-corrected chi connectivity index (χ0v) is 14.3. The summed E-state index contributed by atoms with van der Waals surface area (Å²) in [4.78, 5) is 15.9. The van der Waals surface area contributed by atoms with Gasteiger partial charge in [0.05, 0.1) is 23.6 Å². The van der Waals surface area contributed by atoms with Crippen molar-refractivity contribution in [2.45, 2.75) is 33.0 Å². The van der Waals surface area contributed by atoms with Gasteiger partial charge in [0.25, 0.3) is 0 Å². The van der Waals surface area contributed by atoms with Gasteiger partial charge in [0.1, 0.15) is 11.6 Å². The molecule has 3 N–H and O–H groups in total. The standard InChI is InChI=1S/C19H21FN4O/c1-3-24-17-9-6-14(13-4-7-15(20)8-5-13)10-16(17)23-18(24)11-22-12(2)19(21)25/h4-10,12,22H,3,11H2,1-2H3,(H2,21,25)/t12-/m0/s1. The second-order valence-corrected chi connectivity index (χ2v) is 5.99. The Morgan fingerprint density at radius 2 is 1.92 bits per heavy atom. The van der Waals surface area contributed by atoms with E-state index >= 15 is 0 Å². The summed E-state index contributed by atoms with van der Waals surface area (Å²) in [5.41, 5.74) is 9.10. The van der Waals surface area contributed by atoms with Gasteiger partial charge in [-0.1, -0.05) is 18.2 Å². The predicted molar refractivity (Wildman–Crippen MR) is 96.3 cm³/mol. The maximum absolute atomic E-state index is 13.1. The number of rotatable bonds is 6. The molecule has 130 valence electrons. The first-order chi connectivity index (χ1) is 12.0. The molecule has 0 radical (unpaired) electrons. The highest BCUT2D eigenvalue weighted by atomic mass is 19.1. The number of hydrogen-bond donors (Lipinski definition) is 2. The Labute approximate surface area is 145 Å². The molecule has 0 aliphatic carbocycles. The zero-order valence-electron chi connectivity index (χ0n) is 14.3. The first-order valence-corrected chi connectivity index (χ1v) is 8.27. The minimum absolute atomic E-state index is 0.253. The van der Waals surface area contributed by atoms with Crippen LogP contribution in [0.15, 0.2) is 42.5 Å². The van der Waals surface area contributed by atoms with Crippen molar-refractivity contribution in [1.82, 2.24) is 14.9 Å². The number of benzene rings is 2. The van der Waals surface area contributed by atoms with Crippen LogP contribution < -0.4 is 11.1 Å². The minimum Gasteiger partial charge on any atom is -0.368 e. The molecule has 6 heteroatoms. The third-order valence-corrected chi connectivity index (χ3v) is 4.31. The maximum atomic E-state index is 13.1. The van der Waals surface area contributed by atoms with Crippen LogP contribution in [0.3, 0.4) is 0 Å². The SMILES string of the molecule is CCn1c(CN[C@@H](C)C(N)=O)nc2cc(-c3ccc(F)cc3)ccc21. The predicted octanol–water partition coefficient (Wildman–Crippen LogP) is 2.83. The average Bonchev–Trinajstić information content (AvgIpc) is 2.96. The van der Waals surface area contributed by atoms with E-state index in [0.29, 0.717) is 6.54 Å². The summed E-state index contributed by atoms with van der Waals surface area (Å²) in [6.07, 6.45) is 0. The highest BCUT2D eigenvalue weighted by Gasteiger charge is 2.13. The van der Waals surface area contributed by atoms with Gasteiger partial charge in [-0.3, -0.25) is 10.1 Å². The van der Waals surface area contributed by atoms with Crippen molar-refractivity contribution < 1.29 is 9.18 Å². The molecule has 3 rings (SSSR count). The van der Waals surface area contributed by atoms with Crippen molar-refractivity contribution in [3.8, 4) is 11.1 Å². The van der Waals surface area contributed by atoms with Gasteiger partial charge in [-0.15, -0.1) is 0 Å². The Morgan fingerprint density at radius 1 is 1.24 bits per heavy atom. The van der Waals surface area contributed by atoms with E-state index < -0.39 is 11.9 Å². The molecule has 0 unspecified atom stereocenters. The molecule has 0 fully saturated rings. The van der Waals surface area contributed by atoms with Gasteiger partial charge in [0, 0.05) is 6.54 Å². The zero-order chi connectivity index (χ0) is 18.0. The molecule has 0 bridgehead atoms. The van der Waals surface area contributed by atoms with Crippen molar-refractivity contribution in [2.75, 3.05) is 0 Å². The van der Waals surface area contributed by atoms with E-state index in [9.17, 15) is 9.18 Å². The lowest BCUT2D eigenvalue weighted by Gasteiger charge is -2.11. The van der Waals surface area contributed by atoms with Crippen LogP contribution >= 0.6 is 0 Å². The molecule has 1 amide bonds. The van der Waals surface area contributed by atoms with Crippen LogP contribution in [0.4, 0.5) is 4.39 Å². The van der Waals surface area contributed by atoms with E-state index in [0.717, 1.165) is 34.5 Å². The number of hydrogen-bond acceptors (Lipinski definition) is 3. The van der Waals surface area contributed by atoms with Gasteiger partial charge in [0.15, 0.2) is 0 Å². The second kappa shape index (κ2) is 7.03. The molecule has 0 aliphatic rings. The number of aromatic nitrogens is 2. The Kier molecular flexibility index (Phi) is 4.81. The van der Waals surface area contributed by atoms with Gasteiger partial charge >= 0.3 is 0 Å². The van der Waals surface area contributed by atoms with Crippen LogP contribution in [-0.2, 0) is 17.9 Å². The summed E-state index contributed by atoms with van der Waals surface area (Å²) in [7, 11) is 0. The van der Waals surface area contributed by atoms with Gasteiger partial charge in [-0.05, 0) is 49.2 Å². The molecule has 1 aromatic heterocycles. The molecule has 2 aromatic carbocycles. The first kappa shape index (κ1) is 17.1. The number of aryl methyl sites for hydroxylation is 1. The van der Waals surface area contributed by atoms with E-state index in [-0.39, 0.29) is 5.82 Å². The third-order valence-electron chi connectivity index (χ3n) is 4.31. The smallest absolute Gasteiger partial charge is 0.234 e. The molecule has 1 heterocycles. The lowest BCUT2D eigenvalue weighted by Crippen LogP contribution is -2.38. The number of carbonyl (C=O) groups excluding carboxylic acids is 1. The Bertz CT molecular complexity index is 902. The molecular formula is C19H21FN4O. The number of nitrogens with two attached hydrogens (primary N) is 1. The van der Waals surface area contributed by atoms with Crippen molar-refractivity contribution in [2.24, 2.45) is 5.73 Å². The van der Waals surface area contributed by atoms with E-state index in [1.807, 2.05) is 18.2 Å². The minimum atomic E-state index is -0.417. The molecule has 25 heavy (non-hydrogen) atoms. The summed E-state index contributed by atoms with van der Waals surface area (Å²) >= 11 is 0. The van der Waals surface area contributed by atoms with E-state index in [1.165, 1.54) is 12.1 Å². The van der Waals surface area contributed by atoms with Gasteiger partial charge in [0.2, 0.25) is 5.91 Å². The number of amides is 1. The fourth-order valence-corrected chi connectivity index (χ4v) is 2.83.